The van der Waals surface area contributed by atoms with Crippen molar-refractivity contribution >= 4 is 0 Å². The van der Waals surface area contributed by atoms with Gasteiger partial charge in [0.05, 0.1) is 42.7 Å². The molecule has 0 saturated carbocycles. The summed E-state index contributed by atoms with van der Waals surface area (Å²) < 4.78 is 34.2. The summed E-state index contributed by atoms with van der Waals surface area (Å²) in [5.74, 6) is 4.64. The van der Waals surface area contributed by atoms with Crippen LogP contribution in [0.5, 0.6) is 34.5 Å². The van der Waals surface area contributed by atoms with E-state index in [2.05, 4.69) is 32.0 Å². The molecule has 0 fully saturated rings. The average Bonchev–Trinajstić information content (AvgIpc) is 2.89. The number of hydrogen-bond donors (Lipinski definition) is 0. The molecule has 35 heavy (non-hydrogen) atoms. The Labute approximate surface area is 207 Å². The Kier molecular flexibility index (Phi) is 7.01. The summed E-state index contributed by atoms with van der Waals surface area (Å²) in [6.07, 6.45) is 0.708. The van der Waals surface area contributed by atoms with Crippen molar-refractivity contribution < 1.29 is 28.4 Å². The van der Waals surface area contributed by atoms with Gasteiger partial charge in [-0.05, 0) is 59.4 Å². The van der Waals surface area contributed by atoms with E-state index in [0.29, 0.717) is 12.2 Å². The second kappa shape index (κ2) is 9.98. The third kappa shape index (κ3) is 4.22. The van der Waals surface area contributed by atoms with Crippen LogP contribution in [-0.4, -0.2) is 42.7 Å². The standard InChI is InChI=1S/C29H34O6/c1-16-9-25(33-6)26(34-7)15-21(16)17(2)28-23-12-20(31-4)13-24(32-5)22(23)11-18-10-19(30-3)14-27(35-8)29(18)28/h9-10,12-15,17,28H,11H2,1-8H3. The first-order valence-corrected chi connectivity index (χ1v) is 11.6. The molecule has 1 aliphatic carbocycles. The van der Waals surface area contributed by atoms with Crippen LogP contribution in [-0.2, 0) is 6.42 Å². The van der Waals surface area contributed by atoms with Crippen molar-refractivity contribution in [2.75, 3.05) is 42.7 Å². The molecule has 6 heteroatoms. The maximum atomic E-state index is 5.92. The lowest BCUT2D eigenvalue weighted by molar-refractivity contribution is 0.353. The Balaban J connectivity index is 2.01. The number of fused-ring (bicyclic) bond motifs is 2. The molecular weight excluding hydrogens is 444 g/mol. The van der Waals surface area contributed by atoms with Crippen LogP contribution in [0.2, 0.25) is 0 Å². The Hall–Kier alpha value is -3.54. The molecule has 6 nitrogen and oxygen atoms in total. The molecule has 0 aromatic heterocycles. The van der Waals surface area contributed by atoms with Crippen LogP contribution in [0.15, 0.2) is 36.4 Å². The lowest BCUT2D eigenvalue weighted by Crippen LogP contribution is -2.21. The number of aryl methyl sites for hydroxylation is 1. The average molecular weight is 479 g/mol. The van der Waals surface area contributed by atoms with Gasteiger partial charge in [-0.15, -0.1) is 0 Å². The van der Waals surface area contributed by atoms with Crippen LogP contribution < -0.4 is 28.4 Å². The van der Waals surface area contributed by atoms with Gasteiger partial charge in [0.1, 0.15) is 23.0 Å². The predicted octanol–water partition coefficient (Wildman–Crippen LogP) is 5.89. The van der Waals surface area contributed by atoms with Crippen LogP contribution in [0.25, 0.3) is 0 Å². The third-order valence-corrected chi connectivity index (χ3v) is 7.11. The number of ether oxygens (including phenoxy) is 6. The molecule has 3 aromatic carbocycles. The molecule has 2 unspecified atom stereocenters. The van der Waals surface area contributed by atoms with E-state index in [-0.39, 0.29) is 11.8 Å². The van der Waals surface area contributed by atoms with Crippen molar-refractivity contribution in [3.05, 3.63) is 69.8 Å². The van der Waals surface area contributed by atoms with Crippen molar-refractivity contribution in [1.29, 1.82) is 0 Å². The van der Waals surface area contributed by atoms with Gasteiger partial charge >= 0.3 is 0 Å². The highest BCUT2D eigenvalue weighted by molar-refractivity contribution is 5.63. The minimum absolute atomic E-state index is 0.0181. The van der Waals surface area contributed by atoms with Crippen LogP contribution >= 0.6 is 0 Å². The van der Waals surface area contributed by atoms with E-state index in [1.54, 1.807) is 42.7 Å². The van der Waals surface area contributed by atoms with E-state index in [1.165, 1.54) is 11.1 Å². The Morgan fingerprint density at radius 1 is 0.657 bits per heavy atom. The number of methoxy groups -OCH3 is 6. The highest BCUT2D eigenvalue weighted by atomic mass is 16.5. The maximum Gasteiger partial charge on any atom is 0.161 e. The van der Waals surface area contributed by atoms with Gasteiger partial charge in [0, 0.05) is 35.6 Å². The highest BCUT2D eigenvalue weighted by Crippen LogP contribution is 2.53. The second-order valence-electron chi connectivity index (χ2n) is 8.81. The fourth-order valence-corrected chi connectivity index (χ4v) is 5.38. The fourth-order valence-electron chi connectivity index (χ4n) is 5.38. The zero-order valence-corrected chi connectivity index (χ0v) is 21.8. The zero-order valence-electron chi connectivity index (χ0n) is 21.8. The van der Waals surface area contributed by atoms with Gasteiger partial charge in [-0.1, -0.05) is 6.92 Å². The summed E-state index contributed by atoms with van der Waals surface area (Å²) in [4.78, 5) is 0. The SMILES string of the molecule is COc1cc2c(c(OC)c1)C(C(C)c1cc(OC)c(OC)cc1C)c1cc(OC)cc(OC)c1C2. The summed E-state index contributed by atoms with van der Waals surface area (Å²) in [5.41, 5.74) is 6.92. The molecule has 0 N–H and O–H groups in total. The van der Waals surface area contributed by atoms with Crippen molar-refractivity contribution in [2.45, 2.75) is 32.1 Å². The van der Waals surface area contributed by atoms with E-state index >= 15 is 0 Å². The van der Waals surface area contributed by atoms with E-state index < -0.39 is 0 Å². The van der Waals surface area contributed by atoms with Crippen LogP contribution in [0.3, 0.4) is 0 Å². The van der Waals surface area contributed by atoms with Gasteiger partial charge in [-0.2, -0.15) is 0 Å². The summed E-state index contributed by atoms with van der Waals surface area (Å²) >= 11 is 0. The van der Waals surface area contributed by atoms with Gasteiger partial charge in [0.2, 0.25) is 0 Å². The molecule has 186 valence electrons. The minimum atomic E-state index is -0.0181. The summed E-state index contributed by atoms with van der Waals surface area (Å²) in [7, 11) is 10.1. The Morgan fingerprint density at radius 2 is 1.23 bits per heavy atom. The van der Waals surface area contributed by atoms with Gasteiger partial charge < -0.3 is 28.4 Å². The molecule has 4 rings (SSSR count). The molecule has 0 bridgehead atoms. The van der Waals surface area contributed by atoms with Gasteiger partial charge in [0.15, 0.2) is 11.5 Å². The number of hydrogen-bond acceptors (Lipinski definition) is 6. The second-order valence-corrected chi connectivity index (χ2v) is 8.81. The highest BCUT2D eigenvalue weighted by Gasteiger charge is 2.36. The number of benzene rings is 3. The summed E-state index contributed by atoms with van der Waals surface area (Å²) in [5, 5.41) is 0. The fraction of sp³-hybridized carbons (Fsp3) is 0.379. The maximum absolute atomic E-state index is 5.92. The Bertz CT molecular complexity index is 1230. The van der Waals surface area contributed by atoms with Gasteiger partial charge in [-0.3, -0.25) is 0 Å². The first-order valence-electron chi connectivity index (χ1n) is 11.6. The van der Waals surface area contributed by atoms with Crippen LogP contribution in [0, 0.1) is 6.92 Å². The monoisotopic (exact) mass is 478 g/mol. The van der Waals surface area contributed by atoms with Crippen molar-refractivity contribution in [3.8, 4) is 34.5 Å². The number of rotatable bonds is 8. The molecule has 0 aliphatic heterocycles. The first-order chi connectivity index (χ1) is 16.9. The first kappa shape index (κ1) is 24.6. The normalized spacial score (nSPS) is 14.9. The summed E-state index contributed by atoms with van der Waals surface area (Å²) in [6.45, 7) is 4.35. The molecule has 0 radical (unpaired) electrons. The molecule has 3 aromatic rings. The molecule has 0 amide bonds. The molecule has 0 saturated heterocycles. The van der Waals surface area contributed by atoms with E-state index in [9.17, 15) is 0 Å². The van der Waals surface area contributed by atoms with Crippen molar-refractivity contribution in [3.63, 3.8) is 0 Å². The Morgan fingerprint density at radius 3 is 1.83 bits per heavy atom. The zero-order chi connectivity index (χ0) is 25.3. The largest absolute Gasteiger partial charge is 0.497 e. The molecule has 1 aliphatic rings. The van der Waals surface area contributed by atoms with E-state index in [0.717, 1.165) is 51.0 Å². The molecule has 0 heterocycles. The molecule has 2 atom stereocenters. The van der Waals surface area contributed by atoms with E-state index in [4.69, 9.17) is 28.4 Å². The summed E-state index contributed by atoms with van der Waals surface area (Å²) in [6, 6.07) is 12.3. The third-order valence-electron chi connectivity index (χ3n) is 7.11. The lowest BCUT2D eigenvalue weighted by Gasteiger charge is -2.36. The van der Waals surface area contributed by atoms with E-state index in [1.807, 2.05) is 18.2 Å². The predicted molar refractivity (Wildman–Crippen MR) is 136 cm³/mol. The smallest absolute Gasteiger partial charge is 0.161 e. The minimum Gasteiger partial charge on any atom is -0.497 e. The van der Waals surface area contributed by atoms with Crippen LogP contribution in [0.1, 0.15) is 52.1 Å². The molecular formula is C29H34O6. The topological polar surface area (TPSA) is 55.4 Å². The van der Waals surface area contributed by atoms with Gasteiger partial charge in [0.25, 0.3) is 0 Å². The van der Waals surface area contributed by atoms with Crippen LogP contribution in [0.4, 0.5) is 0 Å². The quantitative estimate of drug-likeness (QED) is 0.403. The van der Waals surface area contributed by atoms with Crippen molar-refractivity contribution in [2.24, 2.45) is 0 Å². The lowest BCUT2D eigenvalue weighted by atomic mass is 9.69. The van der Waals surface area contributed by atoms with Crippen molar-refractivity contribution in [1.82, 2.24) is 0 Å². The van der Waals surface area contributed by atoms with Gasteiger partial charge in [-0.25, -0.2) is 0 Å². The molecule has 0 spiro atoms.